The van der Waals surface area contributed by atoms with Gasteiger partial charge in [0, 0.05) is 11.8 Å². The zero-order valence-electron chi connectivity index (χ0n) is 11.4. The van der Waals surface area contributed by atoms with Crippen LogP contribution < -0.4 is 5.46 Å². The smallest absolute Gasteiger partial charge is 0.423 e. The highest BCUT2D eigenvalue weighted by Crippen LogP contribution is 2.17. The highest BCUT2D eigenvalue weighted by atomic mass is 16.4. The first-order valence-corrected chi connectivity index (χ1v) is 6.76. The van der Waals surface area contributed by atoms with E-state index < -0.39 is 7.12 Å². The molecule has 1 aromatic heterocycles. The molecule has 0 atom stereocenters. The van der Waals surface area contributed by atoms with Crippen molar-refractivity contribution in [2.24, 2.45) is 0 Å². The van der Waals surface area contributed by atoms with Crippen molar-refractivity contribution in [3.05, 3.63) is 72.6 Å². The number of hydrogen-bond acceptors (Lipinski definition) is 3. The summed E-state index contributed by atoms with van der Waals surface area (Å²) >= 11 is 0. The quantitative estimate of drug-likeness (QED) is 0.707. The maximum Gasteiger partial charge on any atom is 0.488 e. The fraction of sp³-hybridized carbons (Fsp3) is 0.0625. The van der Waals surface area contributed by atoms with Crippen molar-refractivity contribution in [1.29, 1.82) is 0 Å². The van der Waals surface area contributed by atoms with Gasteiger partial charge in [-0.15, -0.1) is 0 Å². The molecule has 2 aromatic carbocycles. The number of rotatable bonds is 4. The molecule has 104 valence electrons. The summed E-state index contributed by atoms with van der Waals surface area (Å²) in [6.45, 7) is 0.501. The molecule has 1 heterocycles. The highest BCUT2D eigenvalue weighted by molar-refractivity contribution is 6.59. The topological polar surface area (TPSA) is 58.3 Å². The first-order valence-electron chi connectivity index (χ1n) is 6.76. The largest absolute Gasteiger partial charge is 0.488 e. The van der Waals surface area contributed by atoms with Crippen molar-refractivity contribution in [3.63, 3.8) is 0 Å². The van der Waals surface area contributed by atoms with Crippen LogP contribution in [0, 0.1) is 0 Å². The van der Waals surface area contributed by atoms with Gasteiger partial charge in [0.15, 0.2) is 0 Å². The Morgan fingerprint density at radius 2 is 1.62 bits per heavy atom. The molecule has 5 heteroatoms. The molecular weight excluding hydrogens is 263 g/mol. The van der Waals surface area contributed by atoms with Gasteiger partial charge in [-0.25, -0.2) is 0 Å². The molecule has 0 unspecified atom stereocenters. The Morgan fingerprint density at radius 1 is 0.905 bits per heavy atom. The summed E-state index contributed by atoms with van der Waals surface area (Å²) in [7, 11) is -1.47. The molecule has 4 nitrogen and oxygen atoms in total. The Hall–Kier alpha value is -2.37. The van der Waals surface area contributed by atoms with Gasteiger partial charge in [-0.05, 0) is 16.6 Å². The number of nitrogens with zero attached hydrogens (tertiary/aromatic N) is 2. The molecule has 0 saturated heterocycles. The summed E-state index contributed by atoms with van der Waals surface area (Å²) in [5.74, 6) is 0. The van der Waals surface area contributed by atoms with Crippen LogP contribution in [0.5, 0.6) is 0 Å². The van der Waals surface area contributed by atoms with Crippen LogP contribution in [0.3, 0.4) is 0 Å². The van der Waals surface area contributed by atoms with E-state index in [-0.39, 0.29) is 0 Å². The van der Waals surface area contributed by atoms with E-state index in [0.717, 1.165) is 16.7 Å². The fourth-order valence-electron chi connectivity index (χ4n) is 2.33. The van der Waals surface area contributed by atoms with Crippen LogP contribution in [0.15, 0.2) is 67.0 Å². The molecule has 0 aliphatic rings. The molecule has 21 heavy (non-hydrogen) atoms. The van der Waals surface area contributed by atoms with Crippen molar-refractivity contribution in [2.45, 2.75) is 6.54 Å². The van der Waals surface area contributed by atoms with Crippen LogP contribution in [0.1, 0.15) is 5.56 Å². The third kappa shape index (κ3) is 3.04. The minimum absolute atomic E-state index is 0.501. The van der Waals surface area contributed by atoms with Crippen molar-refractivity contribution >= 4 is 12.6 Å². The van der Waals surface area contributed by atoms with Gasteiger partial charge in [0.1, 0.15) is 0 Å². The summed E-state index contributed by atoms with van der Waals surface area (Å²) < 4.78 is 1.80. The summed E-state index contributed by atoms with van der Waals surface area (Å²) in [4.78, 5) is 0. The van der Waals surface area contributed by atoms with Crippen molar-refractivity contribution in [3.8, 4) is 11.1 Å². The van der Waals surface area contributed by atoms with Gasteiger partial charge < -0.3 is 10.0 Å². The third-order valence-electron chi connectivity index (χ3n) is 3.41. The van der Waals surface area contributed by atoms with Gasteiger partial charge in [0.05, 0.1) is 12.7 Å². The molecule has 3 aromatic rings. The lowest BCUT2D eigenvalue weighted by molar-refractivity contribution is 0.425. The van der Waals surface area contributed by atoms with Crippen LogP contribution >= 0.6 is 0 Å². The van der Waals surface area contributed by atoms with Crippen LogP contribution in [-0.4, -0.2) is 26.9 Å². The molecule has 0 amide bonds. The third-order valence-corrected chi connectivity index (χ3v) is 3.41. The maximum absolute atomic E-state index is 9.39. The Bertz CT molecular complexity index is 726. The molecule has 2 N–H and O–H groups in total. The SMILES string of the molecule is OB(O)c1ccccc1Cn1cc(-c2ccccc2)cn1. The molecule has 0 spiro atoms. The summed E-state index contributed by atoms with van der Waals surface area (Å²) in [5, 5.41) is 23.1. The molecule has 3 rings (SSSR count). The first-order chi connectivity index (χ1) is 10.2. The van der Waals surface area contributed by atoms with E-state index >= 15 is 0 Å². The minimum Gasteiger partial charge on any atom is -0.423 e. The average molecular weight is 278 g/mol. The Morgan fingerprint density at radius 3 is 2.38 bits per heavy atom. The molecular formula is C16H15BN2O2. The second kappa shape index (κ2) is 5.95. The van der Waals surface area contributed by atoms with E-state index in [1.54, 1.807) is 16.8 Å². The summed E-state index contributed by atoms with van der Waals surface area (Å²) in [6.07, 6.45) is 3.77. The average Bonchev–Trinajstić information content (AvgIpc) is 2.97. The zero-order chi connectivity index (χ0) is 14.7. The van der Waals surface area contributed by atoms with Gasteiger partial charge in [0.25, 0.3) is 0 Å². The zero-order valence-corrected chi connectivity index (χ0v) is 11.4. The van der Waals surface area contributed by atoms with Crippen molar-refractivity contribution < 1.29 is 10.0 Å². The highest BCUT2D eigenvalue weighted by Gasteiger charge is 2.15. The number of benzene rings is 2. The first kappa shape index (κ1) is 13.6. The van der Waals surface area contributed by atoms with E-state index in [1.807, 2.05) is 54.9 Å². The fourth-order valence-corrected chi connectivity index (χ4v) is 2.33. The molecule has 0 fully saturated rings. The lowest BCUT2D eigenvalue weighted by Gasteiger charge is -2.08. The number of aromatic nitrogens is 2. The maximum atomic E-state index is 9.39. The molecule has 0 saturated carbocycles. The lowest BCUT2D eigenvalue weighted by atomic mass is 9.77. The molecule has 0 radical (unpaired) electrons. The van der Waals surface area contributed by atoms with Crippen LogP contribution in [0.4, 0.5) is 0 Å². The minimum atomic E-state index is -1.47. The van der Waals surface area contributed by atoms with Gasteiger partial charge >= 0.3 is 7.12 Å². The van der Waals surface area contributed by atoms with E-state index in [1.165, 1.54) is 0 Å². The van der Waals surface area contributed by atoms with Crippen LogP contribution in [0.25, 0.3) is 11.1 Å². The van der Waals surface area contributed by atoms with Crippen LogP contribution in [-0.2, 0) is 6.54 Å². The van der Waals surface area contributed by atoms with E-state index in [4.69, 9.17) is 0 Å². The summed E-state index contributed by atoms with van der Waals surface area (Å²) in [5.41, 5.74) is 3.50. The van der Waals surface area contributed by atoms with E-state index in [0.29, 0.717) is 12.0 Å². The normalized spacial score (nSPS) is 10.6. The Balaban J connectivity index is 1.86. The summed E-state index contributed by atoms with van der Waals surface area (Å²) in [6, 6.07) is 17.3. The van der Waals surface area contributed by atoms with Gasteiger partial charge in [0.2, 0.25) is 0 Å². The Kier molecular flexibility index (Phi) is 3.86. The number of hydrogen-bond donors (Lipinski definition) is 2. The van der Waals surface area contributed by atoms with E-state index in [9.17, 15) is 10.0 Å². The molecule has 0 bridgehead atoms. The van der Waals surface area contributed by atoms with Gasteiger partial charge in [-0.1, -0.05) is 54.6 Å². The molecule has 0 aliphatic carbocycles. The van der Waals surface area contributed by atoms with E-state index in [2.05, 4.69) is 5.10 Å². The van der Waals surface area contributed by atoms with Crippen molar-refractivity contribution in [1.82, 2.24) is 9.78 Å². The predicted octanol–water partition coefficient (Wildman–Crippen LogP) is 1.28. The second-order valence-electron chi connectivity index (χ2n) is 4.87. The molecule has 0 aliphatic heterocycles. The predicted molar refractivity (Wildman–Crippen MR) is 83.0 cm³/mol. The second-order valence-corrected chi connectivity index (χ2v) is 4.87. The lowest BCUT2D eigenvalue weighted by Crippen LogP contribution is -2.33. The van der Waals surface area contributed by atoms with Gasteiger partial charge in [-0.2, -0.15) is 5.10 Å². The van der Waals surface area contributed by atoms with Crippen LogP contribution in [0.2, 0.25) is 0 Å². The standard InChI is InChI=1S/C16H15BN2O2/c20-17(21)16-9-5-4-8-14(16)11-19-12-15(10-18-19)13-6-2-1-3-7-13/h1-10,12,20-21H,11H2. The monoisotopic (exact) mass is 278 g/mol. The Labute approximate surface area is 123 Å². The van der Waals surface area contributed by atoms with Gasteiger partial charge in [-0.3, -0.25) is 4.68 Å². The van der Waals surface area contributed by atoms with Crippen molar-refractivity contribution in [2.75, 3.05) is 0 Å².